The minimum absolute atomic E-state index is 0.0854. The van der Waals surface area contributed by atoms with Gasteiger partial charge in [-0.3, -0.25) is 0 Å². The first-order valence-corrected chi connectivity index (χ1v) is 5.62. The highest BCUT2D eigenvalue weighted by atomic mass is 16.5. The zero-order valence-electron chi connectivity index (χ0n) is 8.99. The van der Waals surface area contributed by atoms with Crippen LogP contribution in [0.5, 0.6) is 5.75 Å². The maximum atomic E-state index is 10.1. The molecule has 1 unspecified atom stereocenters. The number of hydrogen-bond acceptors (Lipinski definition) is 2. The highest BCUT2D eigenvalue weighted by Gasteiger charge is 2.52. The van der Waals surface area contributed by atoms with Crippen LogP contribution in [-0.4, -0.2) is 18.3 Å². The van der Waals surface area contributed by atoms with Crippen molar-refractivity contribution >= 4 is 0 Å². The molecule has 1 N–H and O–H groups in total. The molecule has 1 spiro atoms. The van der Waals surface area contributed by atoms with E-state index in [0.717, 1.165) is 31.4 Å². The molecule has 80 valence electrons. The van der Waals surface area contributed by atoms with E-state index in [0.29, 0.717) is 0 Å². The lowest BCUT2D eigenvalue weighted by Crippen LogP contribution is -2.31. The van der Waals surface area contributed by atoms with Crippen molar-refractivity contribution in [2.45, 2.75) is 37.2 Å². The van der Waals surface area contributed by atoms with Gasteiger partial charge in [0.2, 0.25) is 0 Å². The third kappa shape index (κ3) is 1.21. The van der Waals surface area contributed by atoms with Crippen LogP contribution in [0.3, 0.4) is 0 Å². The van der Waals surface area contributed by atoms with E-state index >= 15 is 0 Å². The Labute approximate surface area is 89.9 Å². The number of fused-ring (bicyclic) bond motifs is 2. The Bertz CT molecular complexity index is 394. The number of aryl methyl sites for hydroxylation is 1. The van der Waals surface area contributed by atoms with Crippen molar-refractivity contribution in [1.29, 1.82) is 0 Å². The standard InChI is InChI=1S/C13H16O2/c1-15-10-4-2-9-3-5-12(14)13(6-7-13)11(9)8-10/h2,4,8,12,14H,3,5-7H2,1H3. The minimum Gasteiger partial charge on any atom is -0.497 e. The molecule has 15 heavy (non-hydrogen) atoms. The van der Waals surface area contributed by atoms with Crippen LogP contribution in [0.4, 0.5) is 0 Å². The van der Waals surface area contributed by atoms with Gasteiger partial charge >= 0.3 is 0 Å². The zero-order chi connectivity index (χ0) is 10.5. The Kier molecular flexibility index (Phi) is 1.84. The van der Waals surface area contributed by atoms with Crippen LogP contribution in [0.25, 0.3) is 0 Å². The van der Waals surface area contributed by atoms with Crippen molar-refractivity contribution in [3.63, 3.8) is 0 Å². The lowest BCUT2D eigenvalue weighted by Gasteiger charge is -2.30. The van der Waals surface area contributed by atoms with Gasteiger partial charge in [0.25, 0.3) is 0 Å². The SMILES string of the molecule is COc1ccc2c(c1)C1(CC1)C(O)CC2. The van der Waals surface area contributed by atoms with Crippen LogP contribution in [0.2, 0.25) is 0 Å². The van der Waals surface area contributed by atoms with Crippen LogP contribution in [0.15, 0.2) is 18.2 Å². The van der Waals surface area contributed by atoms with Crippen LogP contribution >= 0.6 is 0 Å². The number of methoxy groups -OCH3 is 1. The van der Waals surface area contributed by atoms with Crippen LogP contribution in [-0.2, 0) is 11.8 Å². The molecular weight excluding hydrogens is 188 g/mol. The molecule has 2 aliphatic rings. The molecular formula is C13H16O2. The summed E-state index contributed by atoms with van der Waals surface area (Å²) in [6, 6.07) is 6.29. The van der Waals surface area contributed by atoms with Crippen molar-refractivity contribution < 1.29 is 9.84 Å². The second-order valence-electron chi connectivity index (χ2n) is 4.73. The highest BCUT2D eigenvalue weighted by molar-refractivity contribution is 5.46. The topological polar surface area (TPSA) is 29.5 Å². The van der Waals surface area contributed by atoms with Crippen LogP contribution in [0.1, 0.15) is 30.4 Å². The van der Waals surface area contributed by atoms with Crippen LogP contribution in [0, 0.1) is 0 Å². The summed E-state index contributed by atoms with van der Waals surface area (Å²) in [5, 5.41) is 10.1. The average Bonchev–Trinajstić information content (AvgIpc) is 3.05. The van der Waals surface area contributed by atoms with E-state index in [1.807, 2.05) is 6.07 Å². The van der Waals surface area contributed by atoms with Gasteiger partial charge in [0.15, 0.2) is 0 Å². The van der Waals surface area contributed by atoms with Gasteiger partial charge in [-0.1, -0.05) is 6.07 Å². The largest absolute Gasteiger partial charge is 0.497 e. The molecule has 2 aliphatic carbocycles. The van der Waals surface area contributed by atoms with Gasteiger partial charge in [-0.05, 0) is 48.9 Å². The first-order chi connectivity index (χ1) is 7.26. The fraction of sp³-hybridized carbons (Fsp3) is 0.538. The molecule has 1 fully saturated rings. The second kappa shape index (κ2) is 2.99. The Morgan fingerprint density at radius 2 is 2.20 bits per heavy atom. The predicted molar refractivity (Wildman–Crippen MR) is 58.2 cm³/mol. The third-order valence-electron chi connectivity index (χ3n) is 3.97. The number of aliphatic hydroxyl groups is 1. The van der Waals surface area contributed by atoms with Gasteiger partial charge in [0.1, 0.15) is 5.75 Å². The summed E-state index contributed by atoms with van der Waals surface area (Å²) in [6.07, 6.45) is 4.04. The van der Waals surface area contributed by atoms with Crippen LogP contribution < -0.4 is 4.74 Å². The highest BCUT2D eigenvalue weighted by Crippen LogP contribution is 2.55. The third-order valence-corrected chi connectivity index (χ3v) is 3.97. The maximum absolute atomic E-state index is 10.1. The van der Waals surface area contributed by atoms with Gasteiger partial charge in [0.05, 0.1) is 13.2 Å². The van der Waals surface area contributed by atoms with E-state index in [-0.39, 0.29) is 11.5 Å². The number of aliphatic hydroxyl groups excluding tert-OH is 1. The fourth-order valence-corrected chi connectivity index (χ4v) is 2.85. The molecule has 1 saturated carbocycles. The summed E-state index contributed by atoms with van der Waals surface area (Å²) in [6.45, 7) is 0. The molecule has 2 nitrogen and oxygen atoms in total. The van der Waals surface area contributed by atoms with E-state index in [9.17, 15) is 5.11 Å². The molecule has 2 heteroatoms. The van der Waals surface area contributed by atoms with E-state index < -0.39 is 0 Å². The molecule has 1 aromatic carbocycles. The van der Waals surface area contributed by atoms with Crippen molar-refractivity contribution in [2.24, 2.45) is 0 Å². The lowest BCUT2D eigenvalue weighted by atomic mass is 9.78. The summed E-state index contributed by atoms with van der Waals surface area (Å²) in [7, 11) is 1.69. The number of rotatable bonds is 1. The number of ether oxygens (including phenoxy) is 1. The van der Waals surface area contributed by atoms with E-state index in [4.69, 9.17) is 4.74 Å². The first-order valence-electron chi connectivity index (χ1n) is 5.62. The molecule has 3 rings (SSSR count). The van der Waals surface area contributed by atoms with E-state index in [1.54, 1.807) is 7.11 Å². The molecule has 1 aromatic rings. The van der Waals surface area contributed by atoms with Crippen molar-refractivity contribution in [2.75, 3.05) is 7.11 Å². The first kappa shape index (κ1) is 9.22. The summed E-state index contributed by atoms with van der Waals surface area (Å²) < 4.78 is 5.25. The van der Waals surface area contributed by atoms with Crippen molar-refractivity contribution in [3.8, 4) is 5.75 Å². The van der Waals surface area contributed by atoms with Gasteiger partial charge in [0, 0.05) is 5.41 Å². The molecule has 0 amide bonds. The zero-order valence-corrected chi connectivity index (χ0v) is 8.99. The van der Waals surface area contributed by atoms with Gasteiger partial charge in [-0.25, -0.2) is 0 Å². The summed E-state index contributed by atoms with van der Waals surface area (Å²) >= 11 is 0. The van der Waals surface area contributed by atoms with Gasteiger partial charge < -0.3 is 9.84 Å². The Hall–Kier alpha value is -1.02. The monoisotopic (exact) mass is 204 g/mol. The Morgan fingerprint density at radius 3 is 2.87 bits per heavy atom. The van der Waals surface area contributed by atoms with E-state index in [1.165, 1.54) is 11.1 Å². The molecule has 0 heterocycles. The van der Waals surface area contributed by atoms with E-state index in [2.05, 4.69) is 12.1 Å². The Morgan fingerprint density at radius 1 is 1.40 bits per heavy atom. The quantitative estimate of drug-likeness (QED) is 0.758. The molecule has 0 radical (unpaired) electrons. The molecule has 0 aromatic heterocycles. The lowest BCUT2D eigenvalue weighted by molar-refractivity contribution is 0.114. The molecule has 0 bridgehead atoms. The molecule has 0 saturated heterocycles. The summed E-state index contributed by atoms with van der Waals surface area (Å²) in [4.78, 5) is 0. The second-order valence-corrected chi connectivity index (χ2v) is 4.73. The average molecular weight is 204 g/mol. The Balaban J connectivity index is 2.11. The van der Waals surface area contributed by atoms with Gasteiger partial charge in [-0.15, -0.1) is 0 Å². The molecule has 1 atom stereocenters. The molecule has 0 aliphatic heterocycles. The van der Waals surface area contributed by atoms with Crippen molar-refractivity contribution in [1.82, 2.24) is 0 Å². The predicted octanol–water partition coefficient (Wildman–Crippen LogP) is 2.03. The summed E-state index contributed by atoms with van der Waals surface area (Å²) in [5.74, 6) is 0.911. The van der Waals surface area contributed by atoms with Crippen molar-refractivity contribution in [3.05, 3.63) is 29.3 Å². The number of benzene rings is 1. The number of hydrogen-bond donors (Lipinski definition) is 1. The fourth-order valence-electron chi connectivity index (χ4n) is 2.85. The minimum atomic E-state index is -0.142. The summed E-state index contributed by atoms with van der Waals surface area (Å²) in [5.41, 5.74) is 2.82. The van der Waals surface area contributed by atoms with Gasteiger partial charge in [-0.2, -0.15) is 0 Å². The normalized spacial score (nSPS) is 26.1. The smallest absolute Gasteiger partial charge is 0.119 e. The maximum Gasteiger partial charge on any atom is 0.119 e.